The molecule has 1 N–H and O–H groups in total. The van der Waals surface area contributed by atoms with Crippen LogP contribution in [0.15, 0.2) is 24.3 Å². The highest BCUT2D eigenvalue weighted by molar-refractivity contribution is 6.10. The molecule has 24 heavy (non-hydrogen) atoms. The van der Waals surface area contributed by atoms with Gasteiger partial charge in [0, 0.05) is 48.3 Å². The number of carbonyl (C=O) groups excluding carboxylic acids is 1. The normalized spacial score (nSPS) is 16.6. The highest BCUT2D eigenvalue weighted by atomic mass is 16.4. The van der Waals surface area contributed by atoms with Crippen molar-refractivity contribution in [3.05, 3.63) is 35.5 Å². The van der Waals surface area contributed by atoms with Crippen LogP contribution >= 0.6 is 0 Å². The van der Waals surface area contributed by atoms with Gasteiger partial charge in [0.25, 0.3) is 0 Å². The summed E-state index contributed by atoms with van der Waals surface area (Å²) in [5.41, 5.74) is 2.20. The van der Waals surface area contributed by atoms with Gasteiger partial charge in [-0.3, -0.25) is 14.5 Å². The first-order chi connectivity index (χ1) is 11.5. The van der Waals surface area contributed by atoms with Crippen LogP contribution in [-0.4, -0.2) is 71.0 Å². The third kappa shape index (κ3) is 3.20. The number of para-hydroxylation sites is 1. The molecule has 0 radical (unpaired) electrons. The Morgan fingerprint density at radius 3 is 2.42 bits per heavy atom. The number of piperazine rings is 1. The van der Waals surface area contributed by atoms with E-state index >= 15 is 0 Å². The lowest BCUT2D eigenvalue weighted by Gasteiger charge is -2.31. The molecule has 1 aromatic carbocycles. The Morgan fingerprint density at radius 2 is 1.75 bits per heavy atom. The average Bonchev–Trinajstić information content (AvgIpc) is 2.82. The minimum atomic E-state index is -0.906. The highest BCUT2D eigenvalue weighted by Gasteiger charge is 2.23. The summed E-state index contributed by atoms with van der Waals surface area (Å²) < 4.78 is 1.72. The number of fused-ring (bicyclic) bond motifs is 1. The molecule has 0 aliphatic carbocycles. The lowest BCUT2D eigenvalue weighted by Crippen LogP contribution is -2.46. The number of rotatable bonds is 5. The lowest BCUT2D eigenvalue weighted by atomic mass is 10.1. The van der Waals surface area contributed by atoms with Crippen LogP contribution in [-0.2, 0) is 11.3 Å². The molecule has 0 saturated carbocycles. The number of Topliss-reactive ketones (excluding diaryl/α,β-unsaturated/α-hetero) is 1. The smallest absolute Gasteiger partial charge is 0.323 e. The third-order valence-electron chi connectivity index (χ3n) is 4.77. The minimum absolute atomic E-state index is 0.0670. The zero-order valence-corrected chi connectivity index (χ0v) is 14.2. The molecular formula is C18H23N3O3. The fourth-order valence-electron chi connectivity index (χ4n) is 3.41. The molecule has 2 aromatic rings. The molecule has 0 bridgehead atoms. The Hall–Kier alpha value is -2.18. The summed E-state index contributed by atoms with van der Waals surface area (Å²) in [7, 11) is 2.09. The van der Waals surface area contributed by atoms with Gasteiger partial charge in [0.2, 0.25) is 0 Å². The van der Waals surface area contributed by atoms with E-state index in [1.807, 2.05) is 31.2 Å². The van der Waals surface area contributed by atoms with Gasteiger partial charge in [-0.15, -0.1) is 0 Å². The van der Waals surface area contributed by atoms with E-state index in [-0.39, 0.29) is 12.3 Å². The van der Waals surface area contributed by atoms with E-state index in [4.69, 9.17) is 5.11 Å². The summed E-state index contributed by atoms with van der Waals surface area (Å²) in [6.07, 6.45) is 0. The second-order valence-corrected chi connectivity index (χ2v) is 6.46. The van der Waals surface area contributed by atoms with E-state index in [1.165, 1.54) is 0 Å². The molecule has 1 aliphatic heterocycles. The first-order valence-electron chi connectivity index (χ1n) is 8.21. The van der Waals surface area contributed by atoms with E-state index < -0.39 is 5.97 Å². The number of nitrogens with zero attached hydrogens (tertiary/aromatic N) is 3. The number of aliphatic carboxylic acids is 1. The van der Waals surface area contributed by atoms with Crippen molar-refractivity contribution in [1.29, 1.82) is 0 Å². The van der Waals surface area contributed by atoms with Gasteiger partial charge in [0.05, 0.1) is 6.54 Å². The minimum Gasteiger partial charge on any atom is -0.480 e. The fourth-order valence-corrected chi connectivity index (χ4v) is 3.41. The summed E-state index contributed by atoms with van der Waals surface area (Å²) >= 11 is 0. The average molecular weight is 329 g/mol. The standard InChI is InChI=1S/C18H23N3O3/c1-13-18(16(22)11-20-9-7-19(2)8-10-20)14-5-3-4-6-15(14)21(13)12-17(23)24/h3-6H,7-12H2,1-2H3,(H,23,24). The van der Waals surface area contributed by atoms with Gasteiger partial charge in [-0.1, -0.05) is 18.2 Å². The molecule has 0 spiro atoms. The number of aromatic nitrogens is 1. The van der Waals surface area contributed by atoms with E-state index in [1.54, 1.807) is 4.57 Å². The van der Waals surface area contributed by atoms with Gasteiger partial charge < -0.3 is 14.6 Å². The van der Waals surface area contributed by atoms with E-state index in [0.29, 0.717) is 12.1 Å². The van der Waals surface area contributed by atoms with Crippen molar-refractivity contribution < 1.29 is 14.7 Å². The number of likely N-dealkylation sites (N-methyl/N-ethyl adjacent to an activating group) is 1. The quantitative estimate of drug-likeness (QED) is 0.842. The zero-order chi connectivity index (χ0) is 17.3. The van der Waals surface area contributed by atoms with Crippen LogP contribution in [0.5, 0.6) is 0 Å². The molecule has 1 aliphatic rings. The van der Waals surface area contributed by atoms with Crippen LogP contribution in [0.4, 0.5) is 0 Å². The van der Waals surface area contributed by atoms with Crippen molar-refractivity contribution in [3.8, 4) is 0 Å². The maximum Gasteiger partial charge on any atom is 0.323 e. The topological polar surface area (TPSA) is 65.8 Å². The van der Waals surface area contributed by atoms with E-state index in [2.05, 4.69) is 16.8 Å². The first kappa shape index (κ1) is 16.7. The monoisotopic (exact) mass is 329 g/mol. The van der Waals surface area contributed by atoms with Gasteiger partial charge in [0.15, 0.2) is 5.78 Å². The molecule has 2 heterocycles. The van der Waals surface area contributed by atoms with Crippen LogP contribution in [0.1, 0.15) is 16.1 Å². The van der Waals surface area contributed by atoms with E-state index in [9.17, 15) is 9.59 Å². The number of carbonyl (C=O) groups is 2. The van der Waals surface area contributed by atoms with Gasteiger partial charge in [-0.25, -0.2) is 0 Å². The van der Waals surface area contributed by atoms with E-state index in [0.717, 1.165) is 42.8 Å². The van der Waals surface area contributed by atoms with Crippen LogP contribution in [0.25, 0.3) is 10.9 Å². The Balaban J connectivity index is 1.92. The van der Waals surface area contributed by atoms with Gasteiger partial charge in [0.1, 0.15) is 6.54 Å². The van der Waals surface area contributed by atoms with Crippen LogP contribution < -0.4 is 0 Å². The van der Waals surface area contributed by atoms with Crippen molar-refractivity contribution in [3.63, 3.8) is 0 Å². The van der Waals surface area contributed by atoms with Crippen molar-refractivity contribution >= 4 is 22.7 Å². The molecule has 3 rings (SSSR count). The van der Waals surface area contributed by atoms with Crippen molar-refractivity contribution in [1.82, 2.24) is 14.4 Å². The molecule has 0 amide bonds. The predicted octanol–water partition coefficient (Wildman–Crippen LogP) is 1.46. The summed E-state index contributed by atoms with van der Waals surface area (Å²) in [6, 6.07) is 7.53. The second-order valence-electron chi connectivity index (χ2n) is 6.46. The van der Waals surface area contributed by atoms with Crippen LogP contribution in [0.2, 0.25) is 0 Å². The molecule has 6 heteroatoms. The molecule has 128 valence electrons. The molecule has 6 nitrogen and oxygen atoms in total. The van der Waals surface area contributed by atoms with Crippen LogP contribution in [0, 0.1) is 6.92 Å². The maximum absolute atomic E-state index is 12.9. The van der Waals surface area contributed by atoms with Crippen molar-refractivity contribution in [2.24, 2.45) is 0 Å². The number of carboxylic acid groups (broad SMARTS) is 1. The number of benzene rings is 1. The maximum atomic E-state index is 12.9. The summed E-state index contributed by atoms with van der Waals surface area (Å²) in [5.74, 6) is -0.839. The number of hydrogen-bond donors (Lipinski definition) is 1. The Bertz CT molecular complexity index is 773. The largest absolute Gasteiger partial charge is 0.480 e. The molecule has 0 unspecified atom stereocenters. The number of ketones is 1. The Morgan fingerprint density at radius 1 is 1.08 bits per heavy atom. The first-order valence-corrected chi connectivity index (χ1v) is 8.21. The Kier molecular flexibility index (Phi) is 4.69. The van der Waals surface area contributed by atoms with Gasteiger partial charge in [-0.05, 0) is 20.0 Å². The molecule has 1 saturated heterocycles. The zero-order valence-electron chi connectivity index (χ0n) is 14.2. The van der Waals surface area contributed by atoms with Crippen molar-refractivity contribution in [2.45, 2.75) is 13.5 Å². The lowest BCUT2D eigenvalue weighted by molar-refractivity contribution is -0.137. The Labute approximate surface area is 141 Å². The fraction of sp³-hybridized carbons (Fsp3) is 0.444. The third-order valence-corrected chi connectivity index (χ3v) is 4.77. The SMILES string of the molecule is Cc1c(C(=O)CN2CCN(C)CC2)c2ccccc2n1CC(=O)O. The summed E-state index contributed by atoms with van der Waals surface area (Å²) in [4.78, 5) is 28.5. The number of carboxylic acids is 1. The van der Waals surface area contributed by atoms with Crippen molar-refractivity contribution in [2.75, 3.05) is 39.8 Å². The number of hydrogen-bond acceptors (Lipinski definition) is 4. The van der Waals surface area contributed by atoms with Gasteiger partial charge in [-0.2, -0.15) is 0 Å². The molecule has 1 fully saturated rings. The predicted molar refractivity (Wildman–Crippen MR) is 92.6 cm³/mol. The molecule has 0 atom stereocenters. The highest BCUT2D eigenvalue weighted by Crippen LogP contribution is 2.26. The van der Waals surface area contributed by atoms with Gasteiger partial charge >= 0.3 is 5.97 Å². The summed E-state index contributed by atoms with van der Waals surface area (Å²) in [5, 5.41) is 10.0. The summed E-state index contributed by atoms with van der Waals surface area (Å²) in [6.45, 7) is 5.79. The van der Waals surface area contributed by atoms with Crippen LogP contribution in [0.3, 0.4) is 0 Å². The molecule has 1 aromatic heterocycles. The molecular weight excluding hydrogens is 306 g/mol. The second kappa shape index (κ2) is 6.75.